The number of rotatable bonds is 8. The Morgan fingerprint density at radius 1 is 1.17 bits per heavy atom. The first-order valence-electron chi connectivity index (χ1n) is 9.85. The average Bonchev–Trinajstić information content (AvgIpc) is 2.72. The first-order valence-corrected chi connectivity index (χ1v) is 9.85. The summed E-state index contributed by atoms with van der Waals surface area (Å²) in [6.45, 7) is 6.59. The minimum absolute atomic E-state index is 0.103. The van der Waals surface area contributed by atoms with Crippen molar-refractivity contribution in [1.29, 1.82) is 0 Å². The van der Waals surface area contributed by atoms with E-state index in [0.717, 1.165) is 12.0 Å². The van der Waals surface area contributed by atoms with Gasteiger partial charge in [0.25, 0.3) is 5.56 Å². The van der Waals surface area contributed by atoms with Crippen molar-refractivity contribution in [2.75, 3.05) is 13.7 Å². The maximum absolute atomic E-state index is 12.5. The van der Waals surface area contributed by atoms with Gasteiger partial charge in [0.1, 0.15) is 12.3 Å². The number of ether oxygens (including phenoxy) is 3. The van der Waals surface area contributed by atoms with Crippen molar-refractivity contribution in [3.05, 3.63) is 69.8 Å². The molecule has 1 aromatic carbocycles. The van der Waals surface area contributed by atoms with E-state index in [-0.39, 0.29) is 12.2 Å². The number of carbonyl (C=O) groups excluding carboxylic acids is 1. The lowest BCUT2D eigenvalue weighted by Gasteiger charge is -2.13. The molecule has 2 heterocycles. The van der Waals surface area contributed by atoms with Crippen molar-refractivity contribution in [1.82, 2.24) is 9.38 Å². The SMILES string of the molecule is COc1cc(C(=O)OCc2cc(=O)n3cccc(C)c3n2)ccc1OCCC(C)C. The van der Waals surface area contributed by atoms with Crippen LogP contribution in [0.1, 0.15) is 41.9 Å². The number of aromatic nitrogens is 2. The van der Waals surface area contributed by atoms with Gasteiger partial charge in [0.05, 0.1) is 25.0 Å². The first kappa shape index (κ1) is 21.4. The summed E-state index contributed by atoms with van der Waals surface area (Å²) in [6, 6.07) is 9.93. The van der Waals surface area contributed by atoms with Gasteiger partial charge in [-0.05, 0) is 49.1 Å². The van der Waals surface area contributed by atoms with E-state index >= 15 is 0 Å². The third kappa shape index (κ3) is 4.97. The highest BCUT2D eigenvalue weighted by molar-refractivity contribution is 5.90. The number of esters is 1. The van der Waals surface area contributed by atoms with Crippen LogP contribution in [0.5, 0.6) is 11.5 Å². The summed E-state index contributed by atoms with van der Waals surface area (Å²) in [7, 11) is 1.52. The lowest BCUT2D eigenvalue weighted by molar-refractivity contribution is 0.0467. The number of carbonyl (C=O) groups is 1. The molecule has 0 saturated carbocycles. The van der Waals surface area contributed by atoms with Gasteiger partial charge in [-0.3, -0.25) is 9.20 Å². The smallest absolute Gasteiger partial charge is 0.338 e. The number of nitrogens with zero attached hydrogens (tertiary/aromatic N) is 2. The molecule has 2 aromatic heterocycles. The molecule has 0 aliphatic heterocycles. The molecule has 7 nitrogen and oxygen atoms in total. The Bertz CT molecular complexity index is 1100. The minimum atomic E-state index is -0.534. The van der Waals surface area contributed by atoms with Crippen LogP contribution in [0.4, 0.5) is 0 Å². The molecule has 0 fully saturated rings. The fourth-order valence-corrected chi connectivity index (χ4v) is 2.92. The van der Waals surface area contributed by atoms with Gasteiger partial charge in [-0.2, -0.15) is 0 Å². The molecular weight excluding hydrogens is 384 g/mol. The monoisotopic (exact) mass is 410 g/mol. The summed E-state index contributed by atoms with van der Waals surface area (Å²) in [5, 5.41) is 0. The van der Waals surface area contributed by atoms with Crippen molar-refractivity contribution in [2.24, 2.45) is 5.92 Å². The van der Waals surface area contributed by atoms with Gasteiger partial charge in [-0.1, -0.05) is 19.9 Å². The van der Waals surface area contributed by atoms with Crippen molar-refractivity contribution in [2.45, 2.75) is 33.8 Å². The minimum Gasteiger partial charge on any atom is -0.493 e. The van der Waals surface area contributed by atoms with Crippen LogP contribution in [0.25, 0.3) is 5.65 Å². The molecule has 0 spiro atoms. The van der Waals surface area contributed by atoms with Crippen molar-refractivity contribution in [3.8, 4) is 11.5 Å². The highest BCUT2D eigenvalue weighted by Gasteiger charge is 2.14. The van der Waals surface area contributed by atoms with E-state index in [9.17, 15) is 9.59 Å². The third-order valence-corrected chi connectivity index (χ3v) is 4.64. The van der Waals surface area contributed by atoms with Gasteiger partial charge in [0, 0.05) is 12.3 Å². The lowest BCUT2D eigenvalue weighted by Crippen LogP contribution is -2.17. The number of benzene rings is 1. The highest BCUT2D eigenvalue weighted by Crippen LogP contribution is 2.28. The Hall–Kier alpha value is -3.35. The number of pyridine rings is 1. The molecule has 3 rings (SSSR count). The standard InChI is InChI=1S/C23H26N2O5/c1-15(2)9-11-29-19-8-7-17(12-20(19)28-4)23(27)30-14-18-13-21(26)25-10-5-6-16(3)22(25)24-18/h5-8,10,12-13,15H,9,11,14H2,1-4H3. The van der Waals surface area contributed by atoms with Crippen LogP contribution in [0, 0.1) is 12.8 Å². The van der Waals surface area contributed by atoms with Gasteiger partial charge in [-0.25, -0.2) is 9.78 Å². The molecule has 7 heteroatoms. The van der Waals surface area contributed by atoms with E-state index in [0.29, 0.717) is 40.9 Å². The maximum atomic E-state index is 12.5. The first-order chi connectivity index (χ1) is 14.4. The fourth-order valence-electron chi connectivity index (χ4n) is 2.92. The van der Waals surface area contributed by atoms with Crippen LogP contribution in [0.15, 0.2) is 47.4 Å². The molecule has 3 aromatic rings. The zero-order valence-electron chi connectivity index (χ0n) is 17.7. The van der Waals surface area contributed by atoms with E-state index in [1.165, 1.54) is 17.6 Å². The topological polar surface area (TPSA) is 79.1 Å². The Morgan fingerprint density at radius 2 is 1.97 bits per heavy atom. The van der Waals surface area contributed by atoms with Gasteiger partial charge < -0.3 is 14.2 Å². The zero-order valence-corrected chi connectivity index (χ0v) is 17.7. The molecule has 0 aliphatic rings. The summed E-state index contributed by atoms with van der Waals surface area (Å²) < 4.78 is 17.9. The maximum Gasteiger partial charge on any atom is 0.338 e. The summed E-state index contributed by atoms with van der Waals surface area (Å²) in [5.74, 6) is 1.04. The molecule has 0 bridgehead atoms. The van der Waals surface area contributed by atoms with Gasteiger partial charge in [0.2, 0.25) is 0 Å². The predicted octanol–water partition coefficient (Wildman–Crippen LogP) is 3.79. The van der Waals surface area contributed by atoms with Crippen LogP contribution in [-0.2, 0) is 11.3 Å². The predicted molar refractivity (Wildman–Crippen MR) is 113 cm³/mol. The average molecular weight is 410 g/mol. The van der Waals surface area contributed by atoms with Crippen LogP contribution < -0.4 is 15.0 Å². The van der Waals surface area contributed by atoms with E-state index in [1.807, 2.05) is 13.0 Å². The fraction of sp³-hybridized carbons (Fsp3) is 0.348. The summed E-state index contributed by atoms with van der Waals surface area (Å²) in [5.41, 5.74) is 1.90. The van der Waals surface area contributed by atoms with E-state index in [4.69, 9.17) is 14.2 Å². The van der Waals surface area contributed by atoms with Crippen LogP contribution in [0.2, 0.25) is 0 Å². The number of methoxy groups -OCH3 is 1. The Labute approximate surface area is 175 Å². The third-order valence-electron chi connectivity index (χ3n) is 4.64. The Kier molecular flexibility index (Phi) is 6.72. The van der Waals surface area contributed by atoms with E-state index < -0.39 is 5.97 Å². The molecule has 158 valence electrons. The van der Waals surface area contributed by atoms with E-state index in [1.54, 1.807) is 30.5 Å². The Morgan fingerprint density at radius 3 is 2.70 bits per heavy atom. The zero-order chi connectivity index (χ0) is 21.7. The highest BCUT2D eigenvalue weighted by atomic mass is 16.5. The molecule has 0 saturated heterocycles. The second-order valence-corrected chi connectivity index (χ2v) is 7.44. The molecule has 0 unspecified atom stereocenters. The van der Waals surface area contributed by atoms with Gasteiger partial charge >= 0.3 is 5.97 Å². The quantitative estimate of drug-likeness (QED) is 0.526. The van der Waals surface area contributed by atoms with E-state index in [2.05, 4.69) is 18.8 Å². The van der Waals surface area contributed by atoms with Crippen LogP contribution in [0.3, 0.4) is 0 Å². The number of hydrogen-bond acceptors (Lipinski definition) is 6. The molecular formula is C23H26N2O5. The molecule has 0 aliphatic carbocycles. The molecule has 0 N–H and O–H groups in total. The molecule has 0 amide bonds. The van der Waals surface area contributed by atoms with Crippen LogP contribution >= 0.6 is 0 Å². The number of fused-ring (bicyclic) bond motifs is 1. The summed E-state index contributed by atoms with van der Waals surface area (Å²) in [6.07, 6.45) is 2.58. The van der Waals surface area contributed by atoms with Crippen molar-refractivity contribution in [3.63, 3.8) is 0 Å². The lowest BCUT2D eigenvalue weighted by atomic mass is 10.1. The number of hydrogen-bond donors (Lipinski definition) is 0. The molecule has 0 radical (unpaired) electrons. The molecule has 30 heavy (non-hydrogen) atoms. The largest absolute Gasteiger partial charge is 0.493 e. The number of aryl methyl sites for hydroxylation is 1. The van der Waals surface area contributed by atoms with Gasteiger partial charge in [-0.15, -0.1) is 0 Å². The summed E-state index contributed by atoms with van der Waals surface area (Å²) >= 11 is 0. The molecule has 0 atom stereocenters. The van der Waals surface area contributed by atoms with Crippen molar-refractivity contribution < 1.29 is 19.0 Å². The summed E-state index contributed by atoms with van der Waals surface area (Å²) in [4.78, 5) is 29.2. The Balaban J connectivity index is 1.71. The second-order valence-electron chi connectivity index (χ2n) is 7.44. The normalized spacial score (nSPS) is 11.0. The van der Waals surface area contributed by atoms with Crippen LogP contribution in [-0.4, -0.2) is 29.1 Å². The van der Waals surface area contributed by atoms with Gasteiger partial charge in [0.15, 0.2) is 11.5 Å². The second kappa shape index (κ2) is 9.43. The van der Waals surface area contributed by atoms with Crippen molar-refractivity contribution >= 4 is 11.6 Å².